The fourth-order valence-corrected chi connectivity index (χ4v) is 3.05. The van der Waals surface area contributed by atoms with Crippen molar-refractivity contribution in [2.75, 3.05) is 0 Å². The summed E-state index contributed by atoms with van der Waals surface area (Å²) in [6, 6.07) is 15.1. The summed E-state index contributed by atoms with van der Waals surface area (Å²) in [6.07, 6.45) is -0.0191. The van der Waals surface area contributed by atoms with Crippen molar-refractivity contribution in [1.29, 1.82) is 10.5 Å². The molecule has 0 heterocycles. The number of nitrogens with zero attached hydrogens (tertiary/aromatic N) is 2. The Labute approximate surface area is 155 Å². The molecule has 0 spiro atoms. The van der Waals surface area contributed by atoms with Crippen molar-refractivity contribution in [3.8, 4) is 12.1 Å². The monoisotopic (exact) mass is 376 g/mol. The van der Waals surface area contributed by atoms with Crippen LogP contribution in [0.25, 0.3) is 0 Å². The van der Waals surface area contributed by atoms with Crippen molar-refractivity contribution in [2.24, 2.45) is 5.92 Å². The maximum Gasteiger partial charge on any atom is 0.163 e. The van der Waals surface area contributed by atoms with E-state index in [1.807, 2.05) is 12.1 Å². The summed E-state index contributed by atoms with van der Waals surface area (Å²) < 4.78 is 0. The van der Waals surface area contributed by atoms with Gasteiger partial charge in [0.1, 0.15) is 5.92 Å². The molecule has 24 heavy (non-hydrogen) atoms. The third-order valence-corrected chi connectivity index (χ3v) is 4.43. The molecule has 2 rings (SSSR count). The topological polar surface area (TPSA) is 64.7 Å². The molecule has 2 aromatic rings. The molecular weight excluding hydrogens is 367 g/mol. The highest BCUT2D eigenvalue weighted by molar-refractivity contribution is 6.35. The van der Waals surface area contributed by atoms with Gasteiger partial charge >= 0.3 is 0 Å². The zero-order chi connectivity index (χ0) is 17.7. The second-order valence-corrected chi connectivity index (χ2v) is 6.42. The molecular formula is C18H11Cl3N2O. The predicted octanol–water partition coefficient (Wildman–Crippen LogP) is 5.67. The standard InChI is InChI=1S/C18H11Cl3N2O/c19-13-3-1-11(2-4-13)18(24)8-16(12(9-22)10-23)15-6-5-14(20)7-17(15)21/h1-7,12,16H,8H2. The van der Waals surface area contributed by atoms with Gasteiger partial charge in [0.15, 0.2) is 5.78 Å². The summed E-state index contributed by atoms with van der Waals surface area (Å²) in [4.78, 5) is 12.5. The molecule has 0 amide bonds. The van der Waals surface area contributed by atoms with Gasteiger partial charge in [-0.2, -0.15) is 10.5 Å². The van der Waals surface area contributed by atoms with Crippen molar-refractivity contribution in [3.05, 3.63) is 68.7 Å². The molecule has 6 heteroatoms. The zero-order valence-electron chi connectivity index (χ0n) is 12.3. The third-order valence-electron chi connectivity index (χ3n) is 3.61. The second kappa shape index (κ2) is 8.18. The van der Waals surface area contributed by atoms with Crippen LogP contribution in [0.5, 0.6) is 0 Å². The first-order chi connectivity index (χ1) is 11.5. The van der Waals surface area contributed by atoms with Crippen LogP contribution in [0.1, 0.15) is 28.3 Å². The molecule has 3 nitrogen and oxygen atoms in total. The van der Waals surface area contributed by atoms with Gasteiger partial charge in [-0.25, -0.2) is 0 Å². The van der Waals surface area contributed by atoms with Gasteiger partial charge in [0.05, 0.1) is 12.1 Å². The van der Waals surface area contributed by atoms with Crippen LogP contribution in [0.4, 0.5) is 0 Å². The maximum atomic E-state index is 12.5. The lowest BCUT2D eigenvalue weighted by Crippen LogP contribution is -2.15. The van der Waals surface area contributed by atoms with Gasteiger partial charge in [0.25, 0.3) is 0 Å². The van der Waals surface area contributed by atoms with Crippen LogP contribution in [-0.2, 0) is 0 Å². The highest BCUT2D eigenvalue weighted by Crippen LogP contribution is 2.35. The first kappa shape index (κ1) is 18.3. The number of rotatable bonds is 5. The minimum Gasteiger partial charge on any atom is -0.294 e. The molecule has 0 N–H and O–H groups in total. The molecule has 0 bridgehead atoms. The Hall–Kier alpha value is -2.04. The minimum absolute atomic E-state index is 0.0191. The smallest absolute Gasteiger partial charge is 0.163 e. The fourth-order valence-electron chi connectivity index (χ4n) is 2.37. The van der Waals surface area contributed by atoms with E-state index in [-0.39, 0.29) is 12.2 Å². The van der Waals surface area contributed by atoms with Crippen LogP contribution in [0, 0.1) is 28.6 Å². The van der Waals surface area contributed by atoms with Crippen LogP contribution < -0.4 is 0 Å². The van der Waals surface area contributed by atoms with Gasteiger partial charge in [-0.15, -0.1) is 0 Å². The molecule has 0 saturated carbocycles. The van der Waals surface area contributed by atoms with E-state index in [9.17, 15) is 15.3 Å². The number of ketones is 1. The van der Waals surface area contributed by atoms with Gasteiger partial charge in [-0.05, 0) is 42.0 Å². The van der Waals surface area contributed by atoms with E-state index in [1.54, 1.807) is 36.4 Å². The SMILES string of the molecule is N#CC(C#N)C(CC(=O)c1ccc(Cl)cc1)c1ccc(Cl)cc1Cl. The van der Waals surface area contributed by atoms with Crippen molar-refractivity contribution < 1.29 is 4.79 Å². The molecule has 0 aliphatic rings. The summed E-state index contributed by atoms with van der Waals surface area (Å²) in [7, 11) is 0. The number of hydrogen-bond donors (Lipinski definition) is 0. The summed E-state index contributed by atoms with van der Waals surface area (Å²) in [6.45, 7) is 0. The lowest BCUT2D eigenvalue weighted by molar-refractivity contribution is 0.0971. The zero-order valence-corrected chi connectivity index (χ0v) is 14.6. The summed E-state index contributed by atoms with van der Waals surface area (Å²) in [5, 5.41) is 19.8. The highest BCUT2D eigenvalue weighted by atomic mass is 35.5. The average molecular weight is 378 g/mol. The third kappa shape index (κ3) is 4.28. The fraction of sp³-hybridized carbons (Fsp3) is 0.167. The van der Waals surface area contributed by atoms with Crippen LogP contribution >= 0.6 is 34.8 Å². The lowest BCUT2D eigenvalue weighted by Gasteiger charge is -2.19. The number of nitriles is 2. The van der Waals surface area contributed by atoms with Gasteiger partial charge in [-0.3, -0.25) is 4.79 Å². The quantitative estimate of drug-likeness (QED) is 0.631. The van der Waals surface area contributed by atoms with Crippen molar-refractivity contribution in [2.45, 2.75) is 12.3 Å². The minimum atomic E-state index is -1.00. The molecule has 0 radical (unpaired) electrons. The molecule has 1 atom stereocenters. The summed E-state index contributed by atoms with van der Waals surface area (Å²) in [5.41, 5.74) is 1.01. The van der Waals surface area contributed by atoms with Crippen LogP contribution in [-0.4, -0.2) is 5.78 Å². The van der Waals surface area contributed by atoms with Crippen molar-refractivity contribution in [1.82, 2.24) is 0 Å². The van der Waals surface area contributed by atoms with Gasteiger partial charge < -0.3 is 0 Å². The Morgan fingerprint density at radius 1 is 0.958 bits per heavy atom. The number of benzene rings is 2. The average Bonchev–Trinajstić information content (AvgIpc) is 2.55. The first-order valence-corrected chi connectivity index (χ1v) is 8.12. The molecule has 0 aromatic heterocycles. The largest absolute Gasteiger partial charge is 0.294 e. The Bertz CT molecular complexity index is 821. The van der Waals surface area contributed by atoms with E-state index in [1.165, 1.54) is 6.07 Å². The highest BCUT2D eigenvalue weighted by Gasteiger charge is 2.28. The first-order valence-electron chi connectivity index (χ1n) is 6.99. The molecule has 0 aliphatic heterocycles. The van der Waals surface area contributed by atoms with Gasteiger partial charge in [-0.1, -0.05) is 40.9 Å². The summed E-state index contributed by atoms with van der Waals surface area (Å²) in [5.74, 6) is -1.84. The molecule has 0 aliphatic carbocycles. The number of carbonyl (C=O) groups excluding carboxylic acids is 1. The maximum absolute atomic E-state index is 12.5. The van der Waals surface area contributed by atoms with Gasteiger partial charge in [0.2, 0.25) is 0 Å². The van der Waals surface area contributed by atoms with Crippen molar-refractivity contribution in [3.63, 3.8) is 0 Å². The molecule has 1 unspecified atom stereocenters. The Morgan fingerprint density at radius 2 is 1.54 bits per heavy atom. The van der Waals surface area contributed by atoms with E-state index in [0.717, 1.165) is 0 Å². The van der Waals surface area contributed by atoms with Gasteiger partial charge in [0, 0.05) is 33.0 Å². The Kier molecular flexibility index (Phi) is 6.23. The number of carbonyl (C=O) groups is 1. The number of halogens is 3. The molecule has 120 valence electrons. The molecule has 0 fully saturated rings. The number of hydrogen-bond acceptors (Lipinski definition) is 3. The predicted molar refractivity (Wildman–Crippen MR) is 94.3 cm³/mol. The van der Waals surface area contributed by atoms with E-state index < -0.39 is 11.8 Å². The lowest BCUT2D eigenvalue weighted by atomic mass is 9.82. The second-order valence-electron chi connectivity index (χ2n) is 5.14. The molecule has 0 saturated heterocycles. The van der Waals surface area contributed by atoms with Crippen LogP contribution in [0.2, 0.25) is 15.1 Å². The van der Waals surface area contributed by atoms with E-state index in [2.05, 4.69) is 0 Å². The normalized spacial score (nSPS) is 11.6. The Morgan fingerprint density at radius 3 is 2.08 bits per heavy atom. The van der Waals surface area contributed by atoms with E-state index >= 15 is 0 Å². The summed E-state index contributed by atoms with van der Waals surface area (Å²) >= 11 is 17.9. The Balaban J connectivity index is 2.37. The molecule has 2 aromatic carbocycles. The van der Waals surface area contributed by atoms with E-state index in [4.69, 9.17) is 34.8 Å². The van der Waals surface area contributed by atoms with Crippen molar-refractivity contribution >= 4 is 40.6 Å². The van der Waals surface area contributed by atoms with Crippen LogP contribution in [0.3, 0.4) is 0 Å². The van der Waals surface area contributed by atoms with E-state index in [0.29, 0.717) is 26.2 Å². The van der Waals surface area contributed by atoms with Crippen LogP contribution in [0.15, 0.2) is 42.5 Å². The number of Topliss-reactive ketones (excluding diaryl/α,β-unsaturated/α-hetero) is 1.